The molecule has 1 aromatic carbocycles. The van der Waals surface area contributed by atoms with Gasteiger partial charge in [-0.05, 0) is 19.1 Å². The number of hydrogen-bond donors (Lipinski definition) is 2. The molecular weight excluding hydrogens is 456 g/mol. The summed E-state index contributed by atoms with van der Waals surface area (Å²) in [6, 6.07) is 7.15. The van der Waals surface area contributed by atoms with E-state index in [0.717, 1.165) is 11.8 Å². The van der Waals surface area contributed by atoms with Gasteiger partial charge in [0.2, 0.25) is 11.1 Å². The van der Waals surface area contributed by atoms with Crippen LogP contribution in [-0.2, 0) is 27.4 Å². The predicted molar refractivity (Wildman–Crippen MR) is 119 cm³/mol. The molecule has 3 rings (SSSR count). The van der Waals surface area contributed by atoms with E-state index in [1.807, 2.05) is 12.1 Å². The molecule has 0 atom stereocenters. The molecule has 0 spiro atoms. The molecule has 0 aliphatic carbocycles. The van der Waals surface area contributed by atoms with Crippen LogP contribution in [0.4, 0.5) is 5.13 Å². The zero-order valence-corrected chi connectivity index (χ0v) is 19.1. The number of nitrogens with one attached hydrogen (secondary N) is 1. The molecule has 0 aliphatic rings. The number of carbonyl (C=O) groups excluding carboxylic acids is 2. The van der Waals surface area contributed by atoms with Gasteiger partial charge in [0.15, 0.2) is 11.0 Å². The number of carbonyl (C=O) groups is 2. The van der Waals surface area contributed by atoms with Crippen molar-refractivity contribution in [2.24, 2.45) is 0 Å². The Hall–Kier alpha value is -3.32. The first kappa shape index (κ1) is 23.3. The van der Waals surface area contributed by atoms with Crippen LogP contribution in [0.3, 0.4) is 0 Å². The standard InChI is InChI=1S/C19H22N6O5S2/c1-3-29-17(27)7-12-10-31-18(21-12)22-16(26)11-32-19-24-23-15(25(19)20)9-30-14-6-4-5-13(8-14)28-2/h4-6,8,10H,3,7,9,11,20H2,1-2H3,(H,21,22,26). The second-order valence-electron chi connectivity index (χ2n) is 6.20. The lowest BCUT2D eigenvalue weighted by Gasteiger charge is -2.07. The molecule has 3 aromatic rings. The molecule has 0 radical (unpaired) electrons. The van der Waals surface area contributed by atoms with Crippen molar-refractivity contribution in [1.82, 2.24) is 19.9 Å². The van der Waals surface area contributed by atoms with Gasteiger partial charge in [-0.15, -0.1) is 21.5 Å². The van der Waals surface area contributed by atoms with Crippen molar-refractivity contribution in [2.75, 3.05) is 30.6 Å². The van der Waals surface area contributed by atoms with Gasteiger partial charge in [-0.3, -0.25) is 9.59 Å². The summed E-state index contributed by atoms with van der Waals surface area (Å²) in [4.78, 5) is 27.9. The average Bonchev–Trinajstić information content (AvgIpc) is 3.36. The van der Waals surface area contributed by atoms with Crippen LogP contribution in [0.5, 0.6) is 11.5 Å². The Labute approximate surface area is 192 Å². The maximum atomic E-state index is 12.2. The Morgan fingerprint density at radius 1 is 1.28 bits per heavy atom. The number of benzene rings is 1. The molecule has 0 aliphatic heterocycles. The molecule has 3 N–H and O–H groups in total. The third-order valence-electron chi connectivity index (χ3n) is 3.91. The number of nitrogens with zero attached hydrogens (tertiary/aromatic N) is 4. The Balaban J connectivity index is 1.47. The molecule has 11 nitrogen and oxygen atoms in total. The molecule has 0 saturated carbocycles. The Bertz CT molecular complexity index is 1070. The topological polar surface area (TPSA) is 143 Å². The van der Waals surface area contributed by atoms with Crippen LogP contribution in [0.2, 0.25) is 0 Å². The van der Waals surface area contributed by atoms with Gasteiger partial charge >= 0.3 is 5.97 Å². The number of aromatic nitrogens is 4. The van der Waals surface area contributed by atoms with Gasteiger partial charge in [0.05, 0.1) is 31.6 Å². The summed E-state index contributed by atoms with van der Waals surface area (Å²) in [6.45, 7) is 2.15. The fraction of sp³-hybridized carbons (Fsp3) is 0.316. The average molecular weight is 479 g/mol. The van der Waals surface area contributed by atoms with Crippen molar-refractivity contribution < 1.29 is 23.8 Å². The van der Waals surface area contributed by atoms with Crippen LogP contribution in [0, 0.1) is 0 Å². The number of thiazole rings is 1. The van der Waals surface area contributed by atoms with E-state index >= 15 is 0 Å². The molecule has 1 amide bonds. The molecule has 13 heteroatoms. The van der Waals surface area contributed by atoms with E-state index in [-0.39, 0.29) is 30.7 Å². The highest BCUT2D eigenvalue weighted by molar-refractivity contribution is 7.99. The number of ether oxygens (including phenoxy) is 3. The smallest absolute Gasteiger partial charge is 0.311 e. The SMILES string of the molecule is CCOC(=O)Cc1csc(NC(=O)CSc2nnc(COc3cccc(OC)c3)n2N)n1. The lowest BCUT2D eigenvalue weighted by atomic mass is 10.3. The molecule has 0 fully saturated rings. The van der Waals surface area contributed by atoms with Gasteiger partial charge in [-0.25, -0.2) is 9.66 Å². The highest BCUT2D eigenvalue weighted by atomic mass is 32.2. The second kappa shape index (κ2) is 11.3. The first-order valence-electron chi connectivity index (χ1n) is 9.47. The lowest BCUT2D eigenvalue weighted by molar-refractivity contribution is -0.142. The minimum absolute atomic E-state index is 0.0544. The van der Waals surface area contributed by atoms with E-state index in [1.165, 1.54) is 16.0 Å². The van der Waals surface area contributed by atoms with Crippen LogP contribution in [0.15, 0.2) is 34.8 Å². The number of anilines is 1. The summed E-state index contributed by atoms with van der Waals surface area (Å²) in [5.74, 6) is 7.10. The van der Waals surface area contributed by atoms with Crippen molar-refractivity contribution >= 4 is 40.1 Å². The van der Waals surface area contributed by atoms with Gasteiger partial charge in [0, 0.05) is 11.4 Å². The van der Waals surface area contributed by atoms with E-state index in [2.05, 4.69) is 20.5 Å². The van der Waals surface area contributed by atoms with Crippen molar-refractivity contribution in [3.05, 3.63) is 41.2 Å². The van der Waals surface area contributed by atoms with Gasteiger partial charge < -0.3 is 25.4 Å². The maximum absolute atomic E-state index is 12.2. The van der Waals surface area contributed by atoms with Crippen LogP contribution in [0.1, 0.15) is 18.4 Å². The van der Waals surface area contributed by atoms with Crippen LogP contribution >= 0.6 is 23.1 Å². The number of rotatable bonds is 11. The molecule has 0 bridgehead atoms. The third kappa shape index (κ3) is 6.59. The monoisotopic (exact) mass is 478 g/mol. The van der Waals surface area contributed by atoms with E-state index in [4.69, 9.17) is 20.1 Å². The van der Waals surface area contributed by atoms with Crippen molar-refractivity contribution in [2.45, 2.75) is 25.1 Å². The first-order chi connectivity index (χ1) is 15.5. The molecule has 0 saturated heterocycles. The normalized spacial score (nSPS) is 10.6. The van der Waals surface area contributed by atoms with Crippen LogP contribution in [-0.4, -0.2) is 51.2 Å². The number of amides is 1. The Kier molecular flexibility index (Phi) is 8.27. The zero-order valence-electron chi connectivity index (χ0n) is 17.4. The largest absolute Gasteiger partial charge is 0.497 e. The highest BCUT2D eigenvalue weighted by Crippen LogP contribution is 2.21. The fourth-order valence-corrected chi connectivity index (χ4v) is 3.84. The van der Waals surface area contributed by atoms with Gasteiger partial charge in [0.25, 0.3) is 0 Å². The number of thioether (sulfide) groups is 1. The number of hydrogen-bond acceptors (Lipinski definition) is 11. The Morgan fingerprint density at radius 3 is 2.88 bits per heavy atom. The molecule has 0 unspecified atom stereocenters. The minimum atomic E-state index is -0.361. The summed E-state index contributed by atoms with van der Waals surface area (Å²) < 4.78 is 17.0. The molecular formula is C19H22N6O5S2. The van der Waals surface area contributed by atoms with E-state index in [9.17, 15) is 9.59 Å². The summed E-state index contributed by atoms with van der Waals surface area (Å²) >= 11 is 2.36. The number of nitrogen functional groups attached to an aromatic ring is 1. The summed E-state index contributed by atoms with van der Waals surface area (Å²) in [5, 5.41) is 13.2. The second-order valence-corrected chi connectivity index (χ2v) is 8.00. The minimum Gasteiger partial charge on any atom is -0.497 e. The first-order valence-corrected chi connectivity index (χ1v) is 11.3. The van der Waals surface area contributed by atoms with Crippen LogP contribution < -0.4 is 20.6 Å². The fourth-order valence-electron chi connectivity index (χ4n) is 2.43. The summed E-state index contributed by atoms with van der Waals surface area (Å²) in [6.07, 6.45) is 0.0614. The van der Waals surface area contributed by atoms with E-state index in [0.29, 0.717) is 39.9 Å². The van der Waals surface area contributed by atoms with E-state index in [1.54, 1.807) is 31.5 Å². The Morgan fingerprint density at radius 2 is 2.09 bits per heavy atom. The van der Waals surface area contributed by atoms with Crippen molar-refractivity contribution in [3.8, 4) is 11.5 Å². The molecule has 170 valence electrons. The van der Waals surface area contributed by atoms with Crippen molar-refractivity contribution in [3.63, 3.8) is 0 Å². The van der Waals surface area contributed by atoms with Gasteiger partial charge in [0.1, 0.15) is 18.1 Å². The third-order valence-corrected chi connectivity index (χ3v) is 5.66. The number of esters is 1. The number of nitrogens with two attached hydrogens (primary N) is 1. The predicted octanol–water partition coefficient (Wildman–Crippen LogP) is 1.87. The quantitative estimate of drug-likeness (QED) is 0.238. The van der Waals surface area contributed by atoms with E-state index < -0.39 is 0 Å². The zero-order chi connectivity index (χ0) is 22.9. The van der Waals surface area contributed by atoms with Crippen molar-refractivity contribution in [1.29, 1.82) is 0 Å². The molecule has 2 aromatic heterocycles. The summed E-state index contributed by atoms with van der Waals surface area (Å²) in [5.41, 5.74) is 0.541. The van der Waals surface area contributed by atoms with Crippen LogP contribution in [0.25, 0.3) is 0 Å². The molecule has 2 heterocycles. The number of methoxy groups -OCH3 is 1. The van der Waals surface area contributed by atoms with Gasteiger partial charge in [-0.2, -0.15) is 0 Å². The lowest BCUT2D eigenvalue weighted by Crippen LogP contribution is -2.18. The summed E-state index contributed by atoms with van der Waals surface area (Å²) in [7, 11) is 1.58. The molecule has 32 heavy (non-hydrogen) atoms. The maximum Gasteiger partial charge on any atom is 0.311 e. The highest BCUT2D eigenvalue weighted by Gasteiger charge is 2.15. The van der Waals surface area contributed by atoms with Gasteiger partial charge in [-0.1, -0.05) is 17.8 Å².